The van der Waals surface area contributed by atoms with Gasteiger partial charge >= 0.3 is 0 Å². The lowest BCUT2D eigenvalue weighted by Crippen LogP contribution is -2.28. The van der Waals surface area contributed by atoms with E-state index in [1.165, 1.54) is 5.56 Å². The molecule has 0 spiro atoms. The number of aryl methyl sites for hydroxylation is 2. The summed E-state index contributed by atoms with van der Waals surface area (Å²) in [5.41, 5.74) is 2.32. The molecule has 2 aromatic carbocycles. The molecule has 0 aliphatic carbocycles. The molecule has 2 unspecified atom stereocenters. The Morgan fingerprint density at radius 3 is 2.62 bits per heavy atom. The number of carbonyl (C=O) groups is 1. The molecule has 1 amide bonds. The first-order chi connectivity index (χ1) is 14.1. The number of ether oxygens (including phenoxy) is 1. The van der Waals surface area contributed by atoms with Gasteiger partial charge in [0.1, 0.15) is 5.75 Å². The maximum Gasteiger partial charge on any atom is 0.226 e. The van der Waals surface area contributed by atoms with Gasteiger partial charge in [0.15, 0.2) is 5.82 Å². The Balaban J connectivity index is 1.37. The van der Waals surface area contributed by atoms with Gasteiger partial charge in [0.25, 0.3) is 0 Å². The molecule has 6 heteroatoms. The van der Waals surface area contributed by atoms with Gasteiger partial charge in [-0.1, -0.05) is 47.6 Å². The number of rotatable bonds is 7. The summed E-state index contributed by atoms with van der Waals surface area (Å²) in [4.78, 5) is 19.0. The van der Waals surface area contributed by atoms with Crippen molar-refractivity contribution < 1.29 is 14.1 Å². The fourth-order valence-corrected chi connectivity index (χ4v) is 3.77. The van der Waals surface area contributed by atoms with Crippen LogP contribution in [-0.2, 0) is 17.6 Å². The summed E-state index contributed by atoms with van der Waals surface area (Å²) in [5, 5.41) is 4.15. The highest BCUT2D eigenvalue weighted by Gasteiger charge is 2.36. The first-order valence-electron chi connectivity index (χ1n) is 9.94. The zero-order valence-electron chi connectivity index (χ0n) is 16.7. The summed E-state index contributed by atoms with van der Waals surface area (Å²) >= 11 is 0. The van der Waals surface area contributed by atoms with Crippen LogP contribution in [0.5, 0.6) is 5.75 Å². The lowest BCUT2D eigenvalue weighted by Gasteiger charge is -2.25. The van der Waals surface area contributed by atoms with Crippen LogP contribution in [0.2, 0.25) is 0 Å². The second kappa shape index (κ2) is 8.47. The Labute approximate surface area is 170 Å². The Kier molecular flexibility index (Phi) is 5.60. The van der Waals surface area contributed by atoms with Gasteiger partial charge in [-0.2, -0.15) is 4.98 Å². The normalized spacial score (nSPS) is 17.5. The van der Waals surface area contributed by atoms with Crippen LogP contribution in [-0.4, -0.2) is 34.6 Å². The third-order valence-electron chi connectivity index (χ3n) is 5.54. The van der Waals surface area contributed by atoms with E-state index in [1.807, 2.05) is 47.4 Å². The predicted octanol–water partition coefficient (Wildman–Crippen LogP) is 3.94. The highest BCUT2D eigenvalue weighted by molar-refractivity contribution is 5.80. The van der Waals surface area contributed by atoms with Crippen molar-refractivity contribution in [3.8, 4) is 5.75 Å². The van der Waals surface area contributed by atoms with E-state index in [0.29, 0.717) is 31.1 Å². The molecule has 0 N–H and O–H groups in total. The maximum absolute atomic E-state index is 12.6. The van der Waals surface area contributed by atoms with E-state index >= 15 is 0 Å². The molecule has 29 heavy (non-hydrogen) atoms. The number of likely N-dealkylation sites (tertiary alicyclic amines) is 1. The quantitative estimate of drug-likeness (QED) is 0.610. The van der Waals surface area contributed by atoms with Gasteiger partial charge in [-0.3, -0.25) is 4.79 Å². The van der Waals surface area contributed by atoms with E-state index in [9.17, 15) is 4.79 Å². The van der Waals surface area contributed by atoms with Gasteiger partial charge in [0, 0.05) is 25.3 Å². The summed E-state index contributed by atoms with van der Waals surface area (Å²) < 4.78 is 10.6. The van der Waals surface area contributed by atoms with E-state index in [4.69, 9.17) is 9.26 Å². The molecule has 0 bridgehead atoms. The Hall–Kier alpha value is -3.15. The second-order valence-electron chi connectivity index (χ2n) is 7.43. The van der Waals surface area contributed by atoms with Gasteiger partial charge in [0.2, 0.25) is 11.8 Å². The molecular formula is C23H25N3O3. The third kappa shape index (κ3) is 4.31. The first kappa shape index (κ1) is 19.2. The topological polar surface area (TPSA) is 68.5 Å². The van der Waals surface area contributed by atoms with Gasteiger partial charge < -0.3 is 14.2 Å². The summed E-state index contributed by atoms with van der Waals surface area (Å²) in [5.74, 6) is 2.20. The molecule has 0 radical (unpaired) electrons. The zero-order chi connectivity index (χ0) is 20.2. The molecule has 0 saturated carbocycles. The van der Waals surface area contributed by atoms with Crippen LogP contribution in [0.3, 0.4) is 0 Å². The summed E-state index contributed by atoms with van der Waals surface area (Å²) in [6.07, 6.45) is 1.91. The van der Waals surface area contributed by atoms with Crippen molar-refractivity contribution in [2.75, 3.05) is 13.7 Å². The van der Waals surface area contributed by atoms with Crippen molar-refractivity contribution in [1.29, 1.82) is 0 Å². The molecule has 4 rings (SSSR count). The van der Waals surface area contributed by atoms with Crippen LogP contribution in [0, 0.1) is 0 Å². The number of amides is 1. The number of methoxy groups -OCH3 is 1. The molecule has 150 valence electrons. The molecule has 6 nitrogen and oxygen atoms in total. The Morgan fingerprint density at radius 1 is 1.14 bits per heavy atom. The van der Waals surface area contributed by atoms with E-state index in [1.54, 1.807) is 7.11 Å². The van der Waals surface area contributed by atoms with Crippen LogP contribution < -0.4 is 4.74 Å². The number of benzene rings is 2. The minimum Gasteiger partial charge on any atom is -0.497 e. The molecular weight excluding hydrogens is 366 g/mol. The van der Waals surface area contributed by atoms with Crippen molar-refractivity contribution in [2.24, 2.45) is 0 Å². The van der Waals surface area contributed by atoms with Crippen molar-refractivity contribution >= 4 is 5.91 Å². The smallest absolute Gasteiger partial charge is 0.226 e. The van der Waals surface area contributed by atoms with Crippen molar-refractivity contribution in [3.05, 3.63) is 77.4 Å². The number of hydrogen-bond acceptors (Lipinski definition) is 5. The maximum atomic E-state index is 12.6. The first-order valence-corrected chi connectivity index (χ1v) is 9.94. The molecule has 2 atom stereocenters. The molecule has 1 fully saturated rings. The average molecular weight is 391 g/mol. The lowest BCUT2D eigenvalue weighted by molar-refractivity contribution is -0.129. The van der Waals surface area contributed by atoms with Crippen molar-refractivity contribution in [1.82, 2.24) is 15.0 Å². The highest BCUT2D eigenvalue weighted by Crippen LogP contribution is 2.32. The lowest BCUT2D eigenvalue weighted by atomic mass is 10.1. The molecule has 1 aliphatic heterocycles. The van der Waals surface area contributed by atoms with E-state index in [-0.39, 0.29) is 17.9 Å². The van der Waals surface area contributed by atoms with Crippen molar-refractivity contribution in [3.63, 3.8) is 0 Å². The SMILES string of the molecule is COc1ccc(CCc2nc(C3CC(=O)N(C(C)c4ccccc4)C3)no2)cc1. The van der Waals surface area contributed by atoms with Crippen LogP contribution in [0.15, 0.2) is 59.1 Å². The largest absolute Gasteiger partial charge is 0.497 e. The highest BCUT2D eigenvalue weighted by atomic mass is 16.5. The Morgan fingerprint density at radius 2 is 1.90 bits per heavy atom. The standard InChI is InChI=1S/C23H25N3O3/c1-16(18-6-4-3-5-7-18)26-15-19(14-22(26)27)23-24-21(29-25-23)13-10-17-8-11-20(28-2)12-9-17/h3-9,11-12,16,19H,10,13-15H2,1-2H3. The van der Waals surface area contributed by atoms with Gasteiger partial charge in [-0.05, 0) is 36.6 Å². The number of aromatic nitrogens is 2. The van der Waals surface area contributed by atoms with E-state index < -0.39 is 0 Å². The van der Waals surface area contributed by atoms with Crippen LogP contribution in [0.25, 0.3) is 0 Å². The Bertz CT molecular complexity index is 953. The van der Waals surface area contributed by atoms with Crippen LogP contribution >= 0.6 is 0 Å². The minimum absolute atomic E-state index is 0.0212. The fraction of sp³-hybridized carbons (Fsp3) is 0.348. The zero-order valence-corrected chi connectivity index (χ0v) is 16.7. The van der Waals surface area contributed by atoms with Gasteiger partial charge in [-0.25, -0.2) is 0 Å². The predicted molar refractivity (Wildman–Crippen MR) is 109 cm³/mol. The molecule has 1 aliphatic rings. The number of carbonyl (C=O) groups excluding carboxylic acids is 1. The minimum atomic E-state index is -0.0212. The monoisotopic (exact) mass is 391 g/mol. The number of nitrogens with zero attached hydrogens (tertiary/aromatic N) is 3. The summed E-state index contributed by atoms with van der Waals surface area (Å²) in [6.45, 7) is 2.68. The van der Waals surface area contributed by atoms with Crippen molar-refractivity contribution in [2.45, 2.75) is 38.1 Å². The molecule has 2 heterocycles. The molecule has 1 aromatic heterocycles. The van der Waals surface area contributed by atoms with E-state index in [2.05, 4.69) is 29.2 Å². The molecule has 1 saturated heterocycles. The van der Waals surface area contributed by atoms with Gasteiger partial charge in [-0.15, -0.1) is 0 Å². The fourth-order valence-electron chi connectivity index (χ4n) is 3.77. The third-order valence-corrected chi connectivity index (χ3v) is 5.54. The number of hydrogen-bond donors (Lipinski definition) is 0. The van der Waals surface area contributed by atoms with Crippen LogP contribution in [0.4, 0.5) is 0 Å². The van der Waals surface area contributed by atoms with E-state index in [0.717, 1.165) is 17.7 Å². The summed E-state index contributed by atoms with van der Waals surface area (Å²) in [6, 6.07) is 18.1. The summed E-state index contributed by atoms with van der Waals surface area (Å²) in [7, 11) is 1.66. The van der Waals surface area contributed by atoms with Gasteiger partial charge in [0.05, 0.1) is 13.2 Å². The van der Waals surface area contributed by atoms with Crippen LogP contribution in [0.1, 0.15) is 48.1 Å². The average Bonchev–Trinajstić information content (AvgIpc) is 3.39. The second-order valence-corrected chi connectivity index (χ2v) is 7.43. The molecule has 3 aromatic rings.